The minimum atomic E-state index is -2.62. The molecule has 0 radical (unpaired) electrons. The third-order valence-electron chi connectivity index (χ3n) is 6.99. The quantitative estimate of drug-likeness (QED) is 0.321. The number of likely N-dealkylation sites (tertiary alicyclic amines) is 1. The van der Waals surface area contributed by atoms with Crippen LogP contribution in [0.4, 0.5) is 8.78 Å². The number of aromatic amines is 2. The molecule has 7 heterocycles. The second kappa shape index (κ2) is 8.77. The normalized spacial score (nSPS) is 15.5. The molecule has 0 unspecified atom stereocenters. The van der Waals surface area contributed by atoms with Crippen molar-refractivity contribution >= 4 is 21.9 Å². The minimum Gasteiger partial charge on any atom is -0.352 e. The molecule has 8 nitrogen and oxygen atoms in total. The summed E-state index contributed by atoms with van der Waals surface area (Å²) in [6.45, 7) is 0.601. The topological polar surface area (TPSA) is 99.3 Å². The Kier molecular flexibility index (Phi) is 5.22. The summed E-state index contributed by atoms with van der Waals surface area (Å²) in [7, 11) is 0. The lowest BCUT2D eigenvalue weighted by molar-refractivity contribution is 0.0115. The van der Waals surface area contributed by atoms with Crippen LogP contribution in [-0.2, 0) is 6.54 Å². The molecule has 188 valence electrons. The molecule has 0 aromatic carbocycles. The predicted octanol–water partition coefficient (Wildman–Crippen LogP) is 5.47. The SMILES string of the molecule is FC1(F)CCN(Cc2cncc(-c3cnc4[nH]nc(-c5cc6c(-c7ccncc7)cncc6[nH]5)c4c3)c2)C1. The number of nitrogens with zero attached hydrogens (tertiary/aromatic N) is 6. The summed E-state index contributed by atoms with van der Waals surface area (Å²) >= 11 is 0. The number of pyridine rings is 4. The van der Waals surface area contributed by atoms with E-state index in [4.69, 9.17) is 0 Å². The van der Waals surface area contributed by atoms with Gasteiger partial charge in [-0.15, -0.1) is 0 Å². The van der Waals surface area contributed by atoms with Crippen molar-refractivity contribution in [2.24, 2.45) is 0 Å². The Balaban J connectivity index is 1.24. The number of halogens is 2. The highest BCUT2D eigenvalue weighted by atomic mass is 19.3. The number of rotatable bonds is 5. The van der Waals surface area contributed by atoms with Crippen molar-refractivity contribution in [1.82, 2.24) is 40.0 Å². The maximum Gasteiger partial charge on any atom is 0.261 e. The van der Waals surface area contributed by atoms with Gasteiger partial charge in [0.15, 0.2) is 5.65 Å². The summed E-state index contributed by atoms with van der Waals surface area (Å²) in [5.74, 6) is -2.62. The lowest BCUT2D eigenvalue weighted by atomic mass is 10.0. The van der Waals surface area contributed by atoms with Gasteiger partial charge in [0.25, 0.3) is 5.92 Å². The molecule has 1 saturated heterocycles. The van der Waals surface area contributed by atoms with E-state index in [1.807, 2.05) is 30.5 Å². The monoisotopic (exact) mass is 508 g/mol. The van der Waals surface area contributed by atoms with Crippen molar-refractivity contribution in [3.63, 3.8) is 0 Å². The second-order valence-electron chi connectivity index (χ2n) is 9.66. The summed E-state index contributed by atoms with van der Waals surface area (Å²) in [5, 5.41) is 9.47. The van der Waals surface area contributed by atoms with Crippen molar-refractivity contribution in [1.29, 1.82) is 0 Å². The van der Waals surface area contributed by atoms with Crippen molar-refractivity contribution in [2.75, 3.05) is 13.1 Å². The van der Waals surface area contributed by atoms with E-state index < -0.39 is 5.92 Å². The third-order valence-corrected chi connectivity index (χ3v) is 6.99. The number of nitrogens with one attached hydrogen (secondary N) is 2. The zero-order valence-electron chi connectivity index (χ0n) is 20.2. The van der Waals surface area contributed by atoms with Crippen LogP contribution in [0.25, 0.3) is 55.6 Å². The van der Waals surface area contributed by atoms with E-state index in [0.29, 0.717) is 18.7 Å². The predicted molar refractivity (Wildman–Crippen MR) is 140 cm³/mol. The molecule has 6 aromatic rings. The van der Waals surface area contributed by atoms with Crippen LogP contribution in [-0.4, -0.2) is 59.0 Å². The van der Waals surface area contributed by atoms with E-state index in [1.54, 1.807) is 42.1 Å². The van der Waals surface area contributed by atoms with Crippen LogP contribution >= 0.6 is 0 Å². The molecular formula is C28H22F2N8. The van der Waals surface area contributed by atoms with Crippen LogP contribution < -0.4 is 0 Å². The van der Waals surface area contributed by atoms with Gasteiger partial charge in [-0.3, -0.25) is 25.0 Å². The van der Waals surface area contributed by atoms with Gasteiger partial charge in [-0.1, -0.05) is 0 Å². The average Bonchev–Trinajstić information content (AvgIpc) is 3.64. The van der Waals surface area contributed by atoms with Gasteiger partial charge in [0.2, 0.25) is 0 Å². The van der Waals surface area contributed by atoms with E-state index in [1.165, 1.54) is 0 Å². The van der Waals surface area contributed by atoms with Crippen molar-refractivity contribution in [3.8, 4) is 33.6 Å². The fraction of sp³-hybridized carbons (Fsp3) is 0.179. The lowest BCUT2D eigenvalue weighted by Gasteiger charge is -2.15. The van der Waals surface area contributed by atoms with Crippen molar-refractivity contribution < 1.29 is 8.78 Å². The molecule has 1 fully saturated rings. The van der Waals surface area contributed by atoms with Gasteiger partial charge < -0.3 is 4.98 Å². The van der Waals surface area contributed by atoms with Gasteiger partial charge >= 0.3 is 0 Å². The van der Waals surface area contributed by atoms with Crippen molar-refractivity contribution in [2.45, 2.75) is 18.9 Å². The van der Waals surface area contributed by atoms with E-state index in [0.717, 1.165) is 55.5 Å². The van der Waals surface area contributed by atoms with Gasteiger partial charge in [-0.25, -0.2) is 13.8 Å². The highest BCUT2D eigenvalue weighted by molar-refractivity contribution is 6.00. The van der Waals surface area contributed by atoms with Crippen LogP contribution in [0.3, 0.4) is 0 Å². The molecule has 10 heteroatoms. The van der Waals surface area contributed by atoms with E-state index in [2.05, 4.69) is 41.2 Å². The first-order valence-electron chi connectivity index (χ1n) is 12.3. The number of alkyl halides is 2. The van der Waals surface area contributed by atoms with E-state index >= 15 is 0 Å². The van der Waals surface area contributed by atoms with Gasteiger partial charge in [-0.2, -0.15) is 5.10 Å². The minimum absolute atomic E-state index is 0.0994. The Morgan fingerprint density at radius 3 is 2.55 bits per heavy atom. The maximum atomic E-state index is 13.6. The number of hydrogen-bond acceptors (Lipinski definition) is 6. The Morgan fingerprint density at radius 2 is 1.71 bits per heavy atom. The molecule has 0 aliphatic carbocycles. The Hall–Kier alpha value is -4.57. The fourth-order valence-electron chi connectivity index (χ4n) is 5.14. The first-order valence-corrected chi connectivity index (χ1v) is 12.3. The highest BCUT2D eigenvalue weighted by Gasteiger charge is 2.37. The standard InChI is InChI=1S/C28H22F2N8/c29-28(30)3-6-38(16-28)15-17-7-19(11-32-10-17)20-8-22-26(36-37-27(22)34-12-20)24-9-21-23(13-33-14-25(21)35-24)18-1-4-31-5-2-18/h1-2,4-5,7-14,35H,3,6,15-16H2,(H,34,36,37). The molecule has 1 aliphatic heterocycles. The van der Waals surface area contributed by atoms with Gasteiger partial charge in [0, 0.05) is 84.2 Å². The zero-order chi connectivity index (χ0) is 25.7. The first kappa shape index (κ1) is 22.6. The van der Waals surface area contributed by atoms with E-state index in [9.17, 15) is 8.78 Å². The van der Waals surface area contributed by atoms with E-state index in [-0.39, 0.29) is 13.0 Å². The van der Waals surface area contributed by atoms with Crippen molar-refractivity contribution in [3.05, 3.63) is 79.3 Å². The molecule has 38 heavy (non-hydrogen) atoms. The number of hydrogen-bond donors (Lipinski definition) is 2. The molecule has 7 rings (SSSR count). The number of fused-ring (bicyclic) bond motifs is 2. The molecule has 0 atom stereocenters. The maximum absolute atomic E-state index is 13.6. The number of aromatic nitrogens is 7. The molecular weight excluding hydrogens is 486 g/mol. The van der Waals surface area contributed by atoms with Crippen LogP contribution in [0.15, 0.2) is 73.7 Å². The molecule has 2 N–H and O–H groups in total. The second-order valence-corrected chi connectivity index (χ2v) is 9.66. The third kappa shape index (κ3) is 4.08. The zero-order valence-corrected chi connectivity index (χ0v) is 20.2. The number of H-pyrrole nitrogens is 2. The summed E-state index contributed by atoms with van der Waals surface area (Å²) in [4.78, 5) is 22.7. The van der Waals surface area contributed by atoms with Gasteiger partial charge in [-0.05, 0) is 41.5 Å². The van der Waals surface area contributed by atoms with Crippen LogP contribution in [0.2, 0.25) is 0 Å². The molecule has 0 bridgehead atoms. The fourth-order valence-corrected chi connectivity index (χ4v) is 5.14. The molecule has 0 spiro atoms. The highest BCUT2D eigenvalue weighted by Crippen LogP contribution is 2.34. The molecule has 0 saturated carbocycles. The smallest absolute Gasteiger partial charge is 0.261 e. The summed E-state index contributed by atoms with van der Waals surface area (Å²) in [6.07, 6.45) is 12.3. The van der Waals surface area contributed by atoms with Crippen LogP contribution in [0.1, 0.15) is 12.0 Å². The summed E-state index contributed by atoms with van der Waals surface area (Å²) in [5.41, 5.74) is 7.82. The van der Waals surface area contributed by atoms with Gasteiger partial charge in [0.05, 0.1) is 24.0 Å². The van der Waals surface area contributed by atoms with Crippen LogP contribution in [0.5, 0.6) is 0 Å². The Labute approximate surface area is 215 Å². The summed E-state index contributed by atoms with van der Waals surface area (Å²) in [6, 6.07) is 10.0. The molecule has 6 aromatic heterocycles. The van der Waals surface area contributed by atoms with Crippen LogP contribution in [0, 0.1) is 0 Å². The Bertz CT molecular complexity index is 1780. The Morgan fingerprint density at radius 1 is 0.868 bits per heavy atom. The first-order chi connectivity index (χ1) is 18.5. The largest absolute Gasteiger partial charge is 0.352 e. The molecule has 1 aliphatic rings. The van der Waals surface area contributed by atoms with Gasteiger partial charge in [0.1, 0.15) is 5.69 Å². The molecule has 0 amide bonds. The average molecular weight is 509 g/mol. The summed E-state index contributed by atoms with van der Waals surface area (Å²) < 4.78 is 27.3. The lowest BCUT2D eigenvalue weighted by Crippen LogP contribution is -2.24.